The van der Waals surface area contributed by atoms with Gasteiger partial charge < -0.3 is 4.74 Å². The monoisotopic (exact) mass is 299 g/mol. The fraction of sp³-hybridized carbons (Fsp3) is 0.154. The van der Waals surface area contributed by atoms with Crippen LogP contribution in [-0.2, 0) is 5.75 Å². The van der Waals surface area contributed by atoms with E-state index in [1.54, 1.807) is 31.0 Å². The number of ether oxygens (including phenoxy) is 1. The van der Waals surface area contributed by atoms with E-state index < -0.39 is 0 Å². The summed E-state index contributed by atoms with van der Waals surface area (Å²) in [6.45, 7) is 0. The number of rotatable bonds is 4. The fourth-order valence-electron chi connectivity index (χ4n) is 1.40. The highest BCUT2D eigenvalue weighted by molar-refractivity contribution is 7.98. The van der Waals surface area contributed by atoms with Crippen LogP contribution < -0.4 is 4.74 Å². The van der Waals surface area contributed by atoms with E-state index >= 15 is 0 Å². The van der Waals surface area contributed by atoms with Crippen LogP contribution in [0.15, 0.2) is 41.3 Å². The Morgan fingerprint density at radius 3 is 2.83 bits per heavy atom. The lowest BCUT2D eigenvalue weighted by molar-refractivity contribution is 0.413. The number of halogens is 2. The largest absolute Gasteiger partial charge is 0.497 e. The molecule has 5 heteroatoms. The van der Waals surface area contributed by atoms with Crippen molar-refractivity contribution in [1.82, 2.24) is 4.98 Å². The number of benzene rings is 1. The van der Waals surface area contributed by atoms with E-state index in [1.165, 1.54) is 0 Å². The van der Waals surface area contributed by atoms with Crippen LogP contribution in [0.3, 0.4) is 0 Å². The van der Waals surface area contributed by atoms with Crippen molar-refractivity contribution in [3.63, 3.8) is 0 Å². The second kappa shape index (κ2) is 6.32. The van der Waals surface area contributed by atoms with Gasteiger partial charge in [0.2, 0.25) is 0 Å². The summed E-state index contributed by atoms with van der Waals surface area (Å²) in [5.74, 6) is 1.51. The molecule has 0 bridgehead atoms. The van der Waals surface area contributed by atoms with Crippen molar-refractivity contribution in [3.05, 3.63) is 52.3 Å². The maximum atomic E-state index is 6.06. The predicted octanol–water partition coefficient (Wildman–Crippen LogP) is 4.69. The zero-order valence-electron chi connectivity index (χ0n) is 9.69. The SMILES string of the molecule is COc1cccc(SCc2nc(Cl)ccc2Cl)c1. The minimum absolute atomic E-state index is 0.459. The highest BCUT2D eigenvalue weighted by atomic mass is 35.5. The molecule has 0 aliphatic carbocycles. The first kappa shape index (κ1) is 13.5. The lowest BCUT2D eigenvalue weighted by Crippen LogP contribution is -1.89. The molecule has 0 aliphatic rings. The summed E-state index contributed by atoms with van der Waals surface area (Å²) < 4.78 is 5.17. The number of thioether (sulfide) groups is 1. The van der Waals surface area contributed by atoms with Gasteiger partial charge in [-0.25, -0.2) is 4.98 Å². The highest BCUT2D eigenvalue weighted by Gasteiger charge is 2.05. The van der Waals surface area contributed by atoms with Crippen LogP contribution in [0.2, 0.25) is 10.2 Å². The molecule has 0 spiro atoms. The molecule has 0 amide bonds. The summed E-state index contributed by atoms with van der Waals surface area (Å²) >= 11 is 13.5. The highest BCUT2D eigenvalue weighted by Crippen LogP contribution is 2.28. The lowest BCUT2D eigenvalue weighted by Gasteiger charge is -2.05. The van der Waals surface area contributed by atoms with E-state index in [0.29, 0.717) is 15.9 Å². The van der Waals surface area contributed by atoms with Crippen LogP contribution in [-0.4, -0.2) is 12.1 Å². The molecule has 94 valence electrons. The zero-order valence-corrected chi connectivity index (χ0v) is 12.0. The van der Waals surface area contributed by atoms with Gasteiger partial charge in [-0.05, 0) is 30.3 Å². The molecule has 2 aromatic rings. The summed E-state index contributed by atoms with van der Waals surface area (Å²) in [6.07, 6.45) is 0. The van der Waals surface area contributed by atoms with Crippen LogP contribution in [0.1, 0.15) is 5.69 Å². The average Bonchev–Trinajstić information content (AvgIpc) is 2.40. The molecule has 2 rings (SSSR count). The van der Waals surface area contributed by atoms with Crippen LogP contribution in [0.4, 0.5) is 0 Å². The van der Waals surface area contributed by atoms with Crippen LogP contribution in [0, 0.1) is 0 Å². The molecule has 0 fully saturated rings. The Kier molecular flexibility index (Phi) is 4.75. The maximum absolute atomic E-state index is 6.06. The van der Waals surface area contributed by atoms with Gasteiger partial charge in [0.15, 0.2) is 0 Å². The van der Waals surface area contributed by atoms with Crippen LogP contribution in [0.25, 0.3) is 0 Å². The molecular weight excluding hydrogens is 289 g/mol. The minimum atomic E-state index is 0.459. The Morgan fingerprint density at radius 1 is 1.22 bits per heavy atom. The Balaban J connectivity index is 2.08. The number of pyridine rings is 1. The molecule has 0 saturated heterocycles. The third-order valence-electron chi connectivity index (χ3n) is 2.30. The van der Waals surface area contributed by atoms with E-state index in [2.05, 4.69) is 4.98 Å². The number of hydrogen-bond acceptors (Lipinski definition) is 3. The summed E-state index contributed by atoms with van der Waals surface area (Å²) in [6, 6.07) is 11.3. The number of aromatic nitrogens is 1. The van der Waals surface area contributed by atoms with Crippen molar-refractivity contribution in [2.24, 2.45) is 0 Å². The van der Waals surface area contributed by atoms with E-state index in [4.69, 9.17) is 27.9 Å². The van der Waals surface area contributed by atoms with Gasteiger partial charge >= 0.3 is 0 Å². The van der Waals surface area contributed by atoms with Crippen molar-refractivity contribution < 1.29 is 4.74 Å². The summed E-state index contributed by atoms with van der Waals surface area (Å²) in [5.41, 5.74) is 0.789. The first-order chi connectivity index (χ1) is 8.69. The van der Waals surface area contributed by atoms with Gasteiger partial charge in [0.1, 0.15) is 10.9 Å². The molecule has 18 heavy (non-hydrogen) atoms. The molecule has 1 aromatic carbocycles. The van der Waals surface area contributed by atoms with Gasteiger partial charge in [-0.15, -0.1) is 11.8 Å². The van der Waals surface area contributed by atoms with Gasteiger partial charge in [0, 0.05) is 10.6 Å². The second-order valence-corrected chi connectivity index (χ2v) is 5.37. The smallest absolute Gasteiger partial charge is 0.129 e. The second-order valence-electron chi connectivity index (χ2n) is 3.53. The number of hydrogen-bond donors (Lipinski definition) is 0. The third kappa shape index (κ3) is 3.55. The third-order valence-corrected chi connectivity index (χ3v) is 3.86. The molecule has 0 radical (unpaired) electrons. The van der Waals surface area contributed by atoms with Gasteiger partial charge in [-0.3, -0.25) is 0 Å². The Bertz CT molecular complexity index is 548. The topological polar surface area (TPSA) is 22.1 Å². The van der Waals surface area contributed by atoms with E-state index in [-0.39, 0.29) is 0 Å². The molecule has 1 aromatic heterocycles. The molecular formula is C13H11Cl2NOS. The molecule has 0 N–H and O–H groups in total. The Labute approximate surface area is 120 Å². The maximum Gasteiger partial charge on any atom is 0.129 e. The average molecular weight is 300 g/mol. The predicted molar refractivity (Wildman–Crippen MR) is 76.8 cm³/mol. The van der Waals surface area contributed by atoms with E-state index in [9.17, 15) is 0 Å². The quantitative estimate of drug-likeness (QED) is 0.604. The molecule has 0 saturated carbocycles. The van der Waals surface area contributed by atoms with Gasteiger partial charge in [-0.2, -0.15) is 0 Å². The Hall–Kier alpha value is -0.900. The van der Waals surface area contributed by atoms with Crippen molar-refractivity contribution in [2.45, 2.75) is 10.6 Å². The Morgan fingerprint density at radius 2 is 2.06 bits per heavy atom. The summed E-state index contributed by atoms with van der Waals surface area (Å²) in [7, 11) is 1.65. The minimum Gasteiger partial charge on any atom is -0.497 e. The molecule has 0 aliphatic heterocycles. The lowest BCUT2D eigenvalue weighted by atomic mass is 10.3. The van der Waals surface area contributed by atoms with Crippen molar-refractivity contribution in [2.75, 3.05) is 7.11 Å². The molecule has 2 nitrogen and oxygen atoms in total. The van der Waals surface area contributed by atoms with Crippen molar-refractivity contribution in [3.8, 4) is 5.75 Å². The van der Waals surface area contributed by atoms with Gasteiger partial charge in [-0.1, -0.05) is 29.3 Å². The van der Waals surface area contributed by atoms with E-state index in [1.807, 2.05) is 24.3 Å². The van der Waals surface area contributed by atoms with Gasteiger partial charge in [0.25, 0.3) is 0 Å². The first-order valence-electron chi connectivity index (χ1n) is 5.27. The molecule has 0 atom stereocenters. The number of nitrogens with zero attached hydrogens (tertiary/aromatic N) is 1. The number of methoxy groups -OCH3 is 1. The summed E-state index contributed by atoms with van der Waals surface area (Å²) in [5, 5.41) is 1.09. The standard InChI is InChI=1S/C13H11Cl2NOS/c1-17-9-3-2-4-10(7-9)18-8-12-11(14)5-6-13(15)16-12/h2-7H,8H2,1H3. The van der Waals surface area contributed by atoms with E-state index in [0.717, 1.165) is 16.3 Å². The van der Waals surface area contributed by atoms with Crippen molar-refractivity contribution >= 4 is 35.0 Å². The molecule has 0 unspecified atom stereocenters. The fourth-order valence-corrected chi connectivity index (χ4v) is 2.72. The summed E-state index contributed by atoms with van der Waals surface area (Å²) in [4.78, 5) is 5.32. The first-order valence-corrected chi connectivity index (χ1v) is 7.01. The molecule has 1 heterocycles. The zero-order chi connectivity index (χ0) is 13.0. The van der Waals surface area contributed by atoms with Gasteiger partial charge in [0.05, 0.1) is 17.8 Å². The van der Waals surface area contributed by atoms with Crippen LogP contribution >= 0.6 is 35.0 Å². The normalized spacial score (nSPS) is 10.4. The van der Waals surface area contributed by atoms with Crippen LogP contribution in [0.5, 0.6) is 5.75 Å². The van der Waals surface area contributed by atoms with Crippen molar-refractivity contribution in [1.29, 1.82) is 0 Å².